The van der Waals surface area contributed by atoms with Crippen LogP contribution in [0.5, 0.6) is 11.5 Å². The SMILES string of the molecule is CCOc1[c]ncc(OC)c1. The molecule has 0 atom stereocenters. The Kier molecular flexibility index (Phi) is 2.72. The van der Waals surface area contributed by atoms with Crippen LogP contribution < -0.4 is 9.47 Å². The van der Waals surface area contributed by atoms with E-state index in [2.05, 4.69) is 11.2 Å². The van der Waals surface area contributed by atoms with Gasteiger partial charge in [0.05, 0.1) is 19.9 Å². The van der Waals surface area contributed by atoms with Crippen molar-refractivity contribution in [2.75, 3.05) is 13.7 Å². The second-order valence-electron chi connectivity index (χ2n) is 1.92. The first-order chi connectivity index (χ1) is 5.36. The second kappa shape index (κ2) is 3.81. The van der Waals surface area contributed by atoms with Crippen LogP contribution in [0.3, 0.4) is 0 Å². The van der Waals surface area contributed by atoms with Gasteiger partial charge in [0.15, 0.2) is 5.75 Å². The molecule has 0 spiro atoms. The standard InChI is InChI=1S/C8H10NO2/c1-3-11-8-4-7(10-2)5-9-6-8/h4-5H,3H2,1-2H3. The Hall–Kier alpha value is -1.25. The van der Waals surface area contributed by atoms with Crippen LogP contribution in [0.2, 0.25) is 0 Å². The first-order valence-electron chi connectivity index (χ1n) is 3.41. The molecule has 0 aliphatic heterocycles. The van der Waals surface area contributed by atoms with Gasteiger partial charge in [0.25, 0.3) is 0 Å². The van der Waals surface area contributed by atoms with Gasteiger partial charge in [-0.3, -0.25) is 0 Å². The van der Waals surface area contributed by atoms with Gasteiger partial charge in [-0.15, -0.1) is 0 Å². The Morgan fingerprint density at radius 3 is 3.09 bits per heavy atom. The summed E-state index contributed by atoms with van der Waals surface area (Å²) in [6, 6.07) is 1.75. The molecule has 0 amide bonds. The molecule has 0 fully saturated rings. The Morgan fingerprint density at radius 1 is 1.64 bits per heavy atom. The molecule has 1 heterocycles. The Morgan fingerprint density at radius 2 is 2.45 bits per heavy atom. The third-order valence-electron chi connectivity index (χ3n) is 1.18. The van der Waals surface area contributed by atoms with E-state index in [1.165, 1.54) is 0 Å². The van der Waals surface area contributed by atoms with Crippen molar-refractivity contribution in [2.45, 2.75) is 6.92 Å². The molecule has 0 aliphatic rings. The minimum atomic E-state index is 0.616. The number of rotatable bonds is 3. The zero-order valence-corrected chi connectivity index (χ0v) is 6.63. The van der Waals surface area contributed by atoms with Crippen molar-refractivity contribution in [1.29, 1.82) is 0 Å². The first-order valence-corrected chi connectivity index (χ1v) is 3.41. The smallest absolute Gasteiger partial charge is 0.151 e. The number of ether oxygens (including phenoxy) is 2. The molecule has 0 aliphatic carbocycles. The van der Waals surface area contributed by atoms with Gasteiger partial charge in [0, 0.05) is 6.07 Å². The summed E-state index contributed by atoms with van der Waals surface area (Å²) < 4.78 is 10.1. The Balaban J connectivity index is 2.74. The number of aromatic nitrogens is 1. The molecule has 1 aromatic rings. The topological polar surface area (TPSA) is 31.4 Å². The summed E-state index contributed by atoms with van der Waals surface area (Å²) in [5.74, 6) is 1.30. The summed E-state index contributed by atoms with van der Waals surface area (Å²) >= 11 is 0. The van der Waals surface area contributed by atoms with Gasteiger partial charge in [-0.1, -0.05) is 0 Å². The molecule has 0 saturated heterocycles. The van der Waals surface area contributed by atoms with E-state index in [1.54, 1.807) is 19.4 Å². The lowest BCUT2D eigenvalue weighted by Crippen LogP contribution is -1.93. The highest BCUT2D eigenvalue weighted by Gasteiger charge is 1.95. The quantitative estimate of drug-likeness (QED) is 0.654. The number of methoxy groups -OCH3 is 1. The summed E-state index contributed by atoms with van der Waals surface area (Å²) in [6.07, 6.45) is 4.28. The molecule has 0 bridgehead atoms. The first kappa shape index (κ1) is 7.85. The molecule has 11 heavy (non-hydrogen) atoms. The number of hydrogen-bond acceptors (Lipinski definition) is 3. The van der Waals surface area contributed by atoms with E-state index in [-0.39, 0.29) is 0 Å². The number of hydrogen-bond donors (Lipinski definition) is 0. The van der Waals surface area contributed by atoms with E-state index >= 15 is 0 Å². The van der Waals surface area contributed by atoms with Gasteiger partial charge in [0.1, 0.15) is 11.9 Å². The van der Waals surface area contributed by atoms with Crippen molar-refractivity contribution in [3.63, 3.8) is 0 Å². The molecule has 0 saturated carbocycles. The van der Waals surface area contributed by atoms with Crippen molar-refractivity contribution < 1.29 is 9.47 Å². The molecule has 1 rings (SSSR count). The highest BCUT2D eigenvalue weighted by atomic mass is 16.5. The van der Waals surface area contributed by atoms with Gasteiger partial charge in [-0.25, -0.2) is 4.98 Å². The normalized spacial score (nSPS) is 9.27. The van der Waals surface area contributed by atoms with Crippen LogP contribution in [0.25, 0.3) is 0 Å². The minimum absolute atomic E-state index is 0.616. The number of nitrogens with zero attached hydrogens (tertiary/aromatic N) is 1. The molecular formula is C8H10NO2. The average Bonchev–Trinajstić information content (AvgIpc) is 2.06. The maximum atomic E-state index is 5.15. The van der Waals surface area contributed by atoms with E-state index in [0.717, 1.165) is 0 Å². The van der Waals surface area contributed by atoms with E-state index in [9.17, 15) is 0 Å². The van der Waals surface area contributed by atoms with E-state index in [1.807, 2.05) is 6.92 Å². The molecule has 0 unspecified atom stereocenters. The number of pyridine rings is 1. The van der Waals surface area contributed by atoms with Crippen LogP contribution in [0.1, 0.15) is 6.92 Å². The third kappa shape index (κ3) is 2.11. The Bertz CT molecular complexity index is 225. The van der Waals surface area contributed by atoms with E-state index in [0.29, 0.717) is 18.1 Å². The predicted molar refractivity (Wildman–Crippen MR) is 40.8 cm³/mol. The summed E-state index contributed by atoms with van der Waals surface area (Å²) in [6.45, 7) is 2.53. The molecule has 3 heteroatoms. The van der Waals surface area contributed by atoms with Gasteiger partial charge >= 0.3 is 0 Å². The highest BCUT2D eigenvalue weighted by molar-refractivity contribution is 5.27. The summed E-state index contributed by atoms with van der Waals surface area (Å²) in [4.78, 5) is 3.80. The fourth-order valence-corrected chi connectivity index (χ4v) is 0.699. The lowest BCUT2D eigenvalue weighted by molar-refractivity contribution is 0.333. The predicted octanol–water partition coefficient (Wildman–Crippen LogP) is 1.29. The van der Waals surface area contributed by atoms with Crippen LogP contribution >= 0.6 is 0 Å². The molecule has 0 aromatic carbocycles. The molecule has 1 radical (unpaired) electrons. The van der Waals surface area contributed by atoms with Crippen molar-refractivity contribution in [3.8, 4) is 11.5 Å². The monoisotopic (exact) mass is 152 g/mol. The second-order valence-corrected chi connectivity index (χ2v) is 1.92. The molecule has 3 nitrogen and oxygen atoms in total. The summed E-state index contributed by atoms with van der Waals surface area (Å²) in [5.41, 5.74) is 0. The van der Waals surface area contributed by atoms with Gasteiger partial charge < -0.3 is 9.47 Å². The molecule has 0 N–H and O–H groups in total. The largest absolute Gasteiger partial charge is 0.495 e. The van der Waals surface area contributed by atoms with Crippen LogP contribution in [0.15, 0.2) is 12.3 Å². The zero-order chi connectivity index (χ0) is 8.10. The molecular weight excluding hydrogens is 142 g/mol. The fraction of sp³-hybridized carbons (Fsp3) is 0.375. The maximum Gasteiger partial charge on any atom is 0.151 e. The zero-order valence-electron chi connectivity index (χ0n) is 6.63. The van der Waals surface area contributed by atoms with Gasteiger partial charge in [0.2, 0.25) is 0 Å². The minimum Gasteiger partial charge on any atom is -0.495 e. The maximum absolute atomic E-state index is 5.15. The summed E-state index contributed by atoms with van der Waals surface area (Å²) in [5, 5.41) is 0. The van der Waals surface area contributed by atoms with Gasteiger partial charge in [-0.2, -0.15) is 0 Å². The van der Waals surface area contributed by atoms with Crippen LogP contribution in [-0.4, -0.2) is 18.7 Å². The highest BCUT2D eigenvalue weighted by Crippen LogP contribution is 2.15. The van der Waals surface area contributed by atoms with Crippen LogP contribution in [-0.2, 0) is 0 Å². The van der Waals surface area contributed by atoms with Crippen molar-refractivity contribution in [2.24, 2.45) is 0 Å². The van der Waals surface area contributed by atoms with E-state index < -0.39 is 0 Å². The molecule has 1 aromatic heterocycles. The van der Waals surface area contributed by atoms with Crippen molar-refractivity contribution >= 4 is 0 Å². The lowest BCUT2D eigenvalue weighted by Gasteiger charge is -2.02. The summed E-state index contributed by atoms with van der Waals surface area (Å²) in [7, 11) is 1.59. The average molecular weight is 152 g/mol. The van der Waals surface area contributed by atoms with Crippen LogP contribution in [0, 0.1) is 6.20 Å². The van der Waals surface area contributed by atoms with E-state index in [4.69, 9.17) is 9.47 Å². The van der Waals surface area contributed by atoms with Crippen molar-refractivity contribution in [3.05, 3.63) is 18.5 Å². The van der Waals surface area contributed by atoms with Crippen LogP contribution in [0.4, 0.5) is 0 Å². The van der Waals surface area contributed by atoms with Gasteiger partial charge in [-0.05, 0) is 6.92 Å². The third-order valence-corrected chi connectivity index (χ3v) is 1.18. The fourth-order valence-electron chi connectivity index (χ4n) is 0.699. The lowest BCUT2D eigenvalue weighted by atomic mass is 10.4. The molecule has 59 valence electrons. The Labute approximate surface area is 66.0 Å². The van der Waals surface area contributed by atoms with Crippen molar-refractivity contribution in [1.82, 2.24) is 4.98 Å².